The Morgan fingerprint density at radius 1 is 1.12 bits per heavy atom. The van der Waals surface area contributed by atoms with Gasteiger partial charge in [-0.2, -0.15) is 0 Å². The summed E-state index contributed by atoms with van der Waals surface area (Å²) < 4.78 is 0. The molecule has 2 atom stereocenters. The van der Waals surface area contributed by atoms with Gasteiger partial charge in [0.15, 0.2) is 0 Å². The van der Waals surface area contributed by atoms with Gasteiger partial charge in [0.2, 0.25) is 0 Å². The first-order chi connectivity index (χ1) is 8.22. The van der Waals surface area contributed by atoms with E-state index in [-0.39, 0.29) is 0 Å². The molecule has 0 aromatic heterocycles. The first kappa shape index (κ1) is 13.3. The lowest BCUT2D eigenvalue weighted by Gasteiger charge is -2.38. The Labute approximate surface area is 106 Å². The van der Waals surface area contributed by atoms with Crippen LogP contribution in [-0.4, -0.2) is 59.8 Å². The molecule has 1 heterocycles. The molecule has 1 saturated carbocycles. The van der Waals surface area contributed by atoms with Gasteiger partial charge in [0.05, 0.1) is 6.61 Å². The van der Waals surface area contributed by atoms with Gasteiger partial charge >= 0.3 is 0 Å². The molecule has 0 radical (unpaired) electrons. The quantitative estimate of drug-likeness (QED) is 0.796. The smallest absolute Gasteiger partial charge is 0.0599 e. The van der Waals surface area contributed by atoms with E-state index < -0.39 is 0 Å². The van der Waals surface area contributed by atoms with Crippen molar-refractivity contribution in [3.05, 3.63) is 0 Å². The van der Waals surface area contributed by atoms with Crippen molar-refractivity contribution in [2.75, 3.05) is 26.7 Å². The molecule has 0 aromatic carbocycles. The highest BCUT2D eigenvalue weighted by atomic mass is 16.3. The van der Waals surface area contributed by atoms with Crippen LogP contribution in [0.3, 0.4) is 0 Å². The van der Waals surface area contributed by atoms with Crippen LogP contribution in [0.15, 0.2) is 0 Å². The number of hydrogen-bond acceptors (Lipinski definition) is 3. The highest BCUT2D eigenvalue weighted by Crippen LogP contribution is 2.27. The monoisotopic (exact) mass is 240 g/mol. The van der Waals surface area contributed by atoms with Crippen molar-refractivity contribution in [3.8, 4) is 0 Å². The molecule has 0 bridgehead atoms. The highest BCUT2D eigenvalue weighted by molar-refractivity contribution is 4.87. The zero-order valence-corrected chi connectivity index (χ0v) is 11.4. The summed E-state index contributed by atoms with van der Waals surface area (Å²) in [5, 5.41) is 9.52. The SMILES string of the molecule is CC1CCN(C)C(CO)CN1C1CCCCC1. The van der Waals surface area contributed by atoms with Gasteiger partial charge in [-0.15, -0.1) is 0 Å². The van der Waals surface area contributed by atoms with Crippen molar-refractivity contribution < 1.29 is 5.11 Å². The van der Waals surface area contributed by atoms with Gasteiger partial charge in [-0.05, 0) is 39.8 Å². The third-order valence-corrected chi connectivity index (χ3v) is 4.77. The summed E-state index contributed by atoms with van der Waals surface area (Å²) in [6, 6.07) is 1.79. The Morgan fingerprint density at radius 2 is 1.82 bits per heavy atom. The average Bonchev–Trinajstić information content (AvgIpc) is 2.51. The predicted octanol–water partition coefficient (Wildman–Crippen LogP) is 1.71. The van der Waals surface area contributed by atoms with Gasteiger partial charge in [-0.25, -0.2) is 0 Å². The second-order valence-electron chi connectivity index (χ2n) is 5.94. The summed E-state index contributed by atoms with van der Waals surface area (Å²) in [6.45, 7) is 4.84. The second kappa shape index (κ2) is 6.17. The van der Waals surface area contributed by atoms with E-state index in [2.05, 4.69) is 23.8 Å². The molecule has 1 aliphatic heterocycles. The fourth-order valence-corrected chi connectivity index (χ4v) is 3.42. The van der Waals surface area contributed by atoms with Crippen molar-refractivity contribution in [3.63, 3.8) is 0 Å². The first-order valence-electron chi connectivity index (χ1n) is 7.29. The van der Waals surface area contributed by atoms with Gasteiger partial charge in [0, 0.05) is 24.7 Å². The molecular formula is C14H28N2O. The van der Waals surface area contributed by atoms with Gasteiger partial charge in [0.25, 0.3) is 0 Å². The number of likely N-dealkylation sites (N-methyl/N-ethyl adjacent to an activating group) is 1. The van der Waals surface area contributed by atoms with Crippen LogP contribution < -0.4 is 0 Å². The Bertz CT molecular complexity index is 228. The van der Waals surface area contributed by atoms with Crippen LogP contribution in [-0.2, 0) is 0 Å². The molecule has 17 heavy (non-hydrogen) atoms. The van der Waals surface area contributed by atoms with Crippen LogP contribution in [0.25, 0.3) is 0 Å². The summed E-state index contributed by atoms with van der Waals surface area (Å²) >= 11 is 0. The minimum Gasteiger partial charge on any atom is -0.395 e. The Morgan fingerprint density at radius 3 is 2.47 bits per heavy atom. The zero-order chi connectivity index (χ0) is 12.3. The fraction of sp³-hybridized carbons (Fsp3) is 1.00. The molecule has 1 saturated heterocycles. The molecule has 100 valence electrons. The fourth-order valence-electron chi connectivity index (χ4n) is 3.42. The summed E-state index contributed by atoms with van der Waals surface area (Å²) in [4.78, 5) is 5.02. The Hall–Kier alpha value is -0.120. The third-order valence-electron chi connectivity index (χ3n) is 4.77. The average molecular weight is 240 g/mol. The molecule has 2 fully saturated rings. The highest BCUT2D eigenvalue weighted by Gasteiger charge is 2.31. The summed E-state index contributed by atoms with van der Waals surface area (Å²) in [5.41, 5.74) is 0. The van der Waals surface area contributed by atoms with Crippen molar-refractivity contribution in [1.82, 2.24) is 9.80 Å². The van der Waals surface area contributed by atoms with E-state index >= 15 is 0 Å². The van der Waals surface area contributed by atoms with E-state index in [9.17, 15) is 5.11 Å². The number of aliphatic hydroxyl groups is 1. The lowest BCUT2D eigenvalue weighted by molar-refractivity contribution is 0.0805. The maximum absolute atomic E-state index is 9.52. The van der Waals surface area contributed by atoms with Crippen LogP contribution in [0.2, 0.25) is 0 Å². The van der Waals surface area contributed by atoms with Crippen molar-refractivity contribution in [1.29, 1.82) is 0 Å². The predicted molar refractivity (Wildman–Crippen MR) is 71.2 cm³/mol. The second-order valence-corrected chi connectivity index (χ2v) is 5.94. The van der Waals surface area contributed by atoms with E-state index in [1.807, 2.05) is 0 Å². The van der Waals surface area contributed by atoms with Gasteiger partial charge < -0.3 is 5.11 Å². The molecule has 0 spiro atoms. The van der Waals surface area contributed by atoms with Crippen LogP contribution in [0, 0.1) is 0 Å². The van der Waals surface area contributed by atoms with Crippen molar-refractivity contribution in [2.45, 2.75) is 63.6 Å². The van der Waals surface area contributed by atoms with Crippen LogP contribution in [0.1, 0.15) is 45.4 Å². The summed E-state index contributed by atoms with van der Waals surface area (Å²) in [6.07, 6.45) is 8.19. The summed E-state index contributed by atoms with van der Waals surface area (Å²) in [5.74, 6) is 0. The number of hydrogen-bond donors (Lipinski definition) is 1. The largest absolute Gasteiger partial charge is 0.395 e. The molecule has 0 aromatic rings. The van der Waals surface area contributed by atoms with E-state index in [0.717, 1.165) is 19.1 Å². The van der Waals surface area contributed by atoms with Crippen LogP contribution in [0.5, 0.6) is 0 Å². The normalized spacial score (nSPS) is 34.8. The minimum atomic E-state index is 0.298. The van der Waals surface area contributed by atoms with Crippen molar-refractivity contribution in [2.24, 2.45) is 0 Å². The molecule has 2 aliphatic rings. The maximum atomic E-state index is 9.52. The van der Waals surface area contributed by atoms with Gasteiger partial charge in [-0.3, -0.25) is 9.80 Å². The molecule has 3 nitrogen and oxygen atoms in total. The standard InChI is InChI=1S/C14H28N2O/c1-12-8-9-15(2)14(11-17)10-16(12)13-6-4-3-5-7-13/h12-14,17H,3-11H2,1-2H3. The lowest BCUT2D eigenvalue weighted by atomic mass is 9.93. The molecular weight excluding hydrogens is 212 g/mol. The summed E-state index contributed by atoms with van der Waals surface area (Å²) in [7, 11) is 2.15. The first-order valence-corrected chi connectivity index (χ1v) is 7.29. The number of aliphatic hydroxyl groups excluding tert-OH is 1. The topological polar surface area (TPSA) is 26.7 Å². The molecule has 1 aliphatic carbocycles. The molecule has 2 unspecified atom stereocenters. The van der Waals surface area contributed by atoms with Crippen LogP contribution in [0.4, 0.5) is 0 Å². The van der Waals surface area contributed by atoms with Gasteiger partial charge in [0.1, 0.15) is 0 Å². The van der Waals surface area contributed by atoms with Crippen LogP contribution >= 0.6 is 0 Å². The Balaban J connectivity index is 2.01. The van der Waals surface area contributed by atoms with Crippen molar-refractivity contribution >= 4 is 0 Å². The van der Waals surface area contributed by atoms with E-state index in [1.165, 1.54) is 38.5 Å². The van der Waals surface area contributed by atoms with E-state index in [1.54, 1.807) is 0 Å². The third kappa shape index (κ3) is 3.21. The van der Waals surface area contributed by atoms with E-state index in [0.29, 0.717) is 18.7 Å². The Kier molecular flexibility index (Phi) is 4.83. The minimum absolute atomic E-state index is 0.298. The van der Waals surface area contributed by atoms with Gasteiger partial charge in [-0.1, -0.05) is 19.3 Å². The molecule has 3 heteroatoms. The number of nitrogens with zero attached hydrogens (tertiary/aromatic N) is 2. The molecule has 1 N–H and O–H groups in total. The van der Waals surface area contributed by atoms with E-state index in [4.69, 9.17) is 0 Å². The maximum Gasteiger partial charge on any atom is 0.0599 e. The lowest BCUT2D eigenvalue weighted by Crippen LogP contribution is -2.48. The zero-order valence-electron chi connectivity index (χ0n) is 11.4. The molecule has 0 amide bonds. The molecule has 2 rings (SSSR count). The number of rotatable bonds is 2.